The number of hydrogen-bond acceptors (Lipinski definition) is 4. The summed E-state index contributed by atoms with van der Waals surface area (Å²) < 4.78 is 6.24. The number of amides is 2. The van der Waals surface area contributed by atoms with Crippen molar-refractivity contribution in [1.82, 2.24) is 14.7 Å². The molecule has 2 amide bonds. The van der Waals surface area contributed by atoms with Crippen LogP contribution in [0.15, 0.2) is 12.2 Å². The van der Waals surface area contributed by atoms with Crippen LogP contribution < -0.4 is 0 Å². The van der Waals surface area contributed by atoms with Crippen LogP contribution in [0.3, 0.4) is 0 Å². The minimum Gasteiger partial charge on any atom is -0.360 e. The van der Waals surface area contributed by atoms with Crippen LogP contribution >= 0.6 is 0 Å². The Kier molecular flexibility index (Phi) is 4.19. The summed E-state index contributed by atoms with van der Waals surface area (Å²) in [5, 5.41) is 0. The van der Waals surface area contributed by atoms with Gasteiger partial charge < -0.3 is 19.4 Å². The Balaban J connectivity index is 1.56. The van der Waals surface area contributed by atoms with E-state index in [1.165, 1.54) is 0 Å². The standard InChI is InChI=1S/C20H31N3O3/c1-19(2,3)12-23-13-20-7-6-14(26-20)15(16(20)18(23)25)17(24)22-9-5-8-21(4)10-11-22/h6-7,14-16H,5,8-13H2,1-4H3/t14-,15-,16+,20-/m0/s1. The fraction of sp³-hybridized carbons (Fsp3) is 0.800. The van der Waals surface area contributed by atoms with Crippen LogP contribution in [-0.4, -0.2) is 84.5 Å². The number of nitrogens with zero attached hydrogens (tertiary/aromatic N) is 3. The van der Waals surface area contributed by atoms with Crippen molar-refractivity contribution in [3.05, 3.63) is 12.2 Å². The summed E-state index contributed by atoms with van der Waals surface area (Å²) in [5.74, 6) is -0.515. The summed E-state index contributed by atoms with van der Waals surface area (Å²) in [6, 6.07) is 0. The lowest BCUT2D eigenvalue weighted by molar-refractivity contribution is -0.143. The van der Waals surface area contributed by atoms with Crippen LogP contribution in [0.25, 0.3) is 0 Å². The average Bonchev–Trinajstić information content (AvgIpc) is 3.10. The highest BCUT2D eigenvalue weighted by molar-refractivity contribution is 5.93. The molecule has 1 spiro atoms. The topological polar surface area (TPSA) is 53.1 Å². The molecule has 26 heavy (non-hydrogen) atoms. The van der Waals surface area contributed by atoms with Gasteiger partial charge >= 0.3 is 0 Å². The predicted molar refractivity (Wildman–Crippen MR) is 98.5 cm³/mol. The van der Waals surface area contributed by atoms with Crippen molar-refractivity contribution < 1.29 is 14.3 Å². The smallest absolute Gasteiger partial charge is 0.230 e. The molecule has 0 aromatic carbocycles. The summed E-state index contributed by atoms with van der Waals surface area (Å²) in [7, 11) is 2.09. The van der Waals surface area contributed by atoms with Gasteiger partial charge in [0.2, 0.25) is 11.8 Å². The molecule has 4 heterocycles. The summed E-state index contributed by atoms with van der Waals surface area (Å²) >= 11 is 0. The maximum atomic E-state index is 13.3. The number of hydrogen-bond donors (Lipinski definition) is 0. The Labute approximate surface area is 156 Å². The molecule has 4 aliphatic heterocycles. The number of carbonyl (C=O) groups excluding carboxylic acids is 2. The quantitative estimate of drug-likeness (QED) is 0.688. The van der Waals surface area contributed by atoms with Crippen LogP contribution in [-0.2, 0) is 14.3 Å². The molecule has 0 saturated carbocycles. The fourth-order valence-electron chi connectivity index (χ4n) is 5.04. The fourth-order valence-corrected chi connectivity index (χ4v) is 5.04. The Morgan fingerprint density at radius 1 is 1.27 bits per heavy atom. The third-order valence-corrected chi connectivity index (χ3v) is 6.16. The molecule has 0 radical (unpaired) electrons. The van der Waals surface area contributed by atoms with E-state index in [0.29, 0.717) is 13.1 Å². The highest BCUT2D eigenvalue weighted by atomic mass is 16.5. The molecule has 144 valence electrons. The molecular formula is C20H31N3O3. The maximum absolute atomic E-state index is 13.3. The number of carbonyl (C=O) groups is 2. The van der Waals surface area contributed by atoms with Gasteiger partial charge in [-0.15, -0.1) is 0 Å². The van der Waals surface area contributed by atoms with Gasteiger partial charge in [-0.2, -0.15) is 0 Å². The Bertz CT molecular complexity index is 641. The number of likely N-dealkylation sites (tertiary alicyclic amines) is 1. The van der Waals surface area contributed by atoms with Crippen molar-refractivity contribution in [3.63, 3.8) is 0 Å². The predicted octanol–water partition coefficient (Wildman–Crippen LogP) is 0.979. The van der Waals surface area contributed by atoms with Crippen LogP contribution in [0, 0.1) is 17.3 Å². The van der Waals surface area contributed by atoms with E-state index in [2.05, 4.69) is 32.7 Å². The molecule has 0 aromatic heterocycles. The van der Waals surface area contributed by atoms with Gasteiger partial charge in [0.15, 0.2) is 0 Å². The number of likely N-dealkylation sites (N-methyl/N-ethyl adjacent to an activating group) is 1. The minimum absolute atomic E-state index is 0.0293. The molecule has 3 fully saturated rings. The van der Waals surface area contributed by atoms with E-state index in [0.717, 1.165) is 32.6 Å². The second-order valence-corrected chi connectivity index (χ2v) is 9.64. The molecule has 0 N–H and O–H groups in total. The molecule has 6 nitrogen and oxygen atoms in total. The Morgan fingerprint density at radius 3 is 2.77 bits per heavy atom. The zero-order valence-corrected chi connectivity index (χ0v) is 16.4. The lowest BCUT2D eigenvalue weighted by Crippen LogP contribution is -2.47. The Morgan fingerprint density at radius 2 is 2.04 bits per heavy atom. The second kappa shape index (κ2) is 6.06. The maximum Gasteiger partial charge on any atom is 0.230 e. The first-order valence-corrected chi connectivity index (χ1v) is 9.84. The molecule has 3 saturated heterocycles. The number of fused-ring (bicyclic) bond motifs is 1. The molecule has 0 unspecified atom stereocenters. The van der Waals surface area contributed by atoms with Crippen LogP contribution in [0.5, 0.6) is 0 Å². The second-order valence-electron chi connectivity index (χ2n) is 9.64. The van der Waals surface area contributed by atoms with Crippen LogP contribution in [0.4, 0.5) is 0 Å². The van der Waals surface area contributed by atoms with Gasteiger partial charge in [-0.25, -0.2) is 0 Å². The number of rotatable bonds is 2. The molecule has 0 aliphatic carbocycles. The van der Waals surface area contributed by atoms with Crippen molar-refractivity contribution in [2.24, 2.45) is 17.3 Å². The van der Waals surface area contributed by atoms with Gasteiger partial charge in [0.05, 0.1) is 24.5 Å². The summed E-state index contributed by atoms with van der Waals surface area (Å²) in [6.07, 6.45) is 4.80. The van der Waals surface area contributed by atoms with Crippen molar-refractivity contribution in [2.75, 3.05) is 46.3 Å². The third kappa shape index (κ3) is 2.87. The van der Waals surface area contributed by atoms with Gasteiger partial charge in [-0.3, -0.25) is 9.59 Å². The van der Waals surface area contributed by atoms with Gasteiger partial charge in [0.1, 0.15) is 5.60 Å². The van der Waals surface area contributed by atoms with E-state index in [4.69, 9.17) is 4.74 Å². The normalized spacial score (nSPS) is 37.4. The van der Waals surface area contributed by atoms with E-state index >= 15 is 0 Å². The first-order chi connectivity index (χ1) is 12.2. The van der Waals surface area contributed by atoms with Crippen molar-refractivity contribution in [1.29, 1.82) is 0 Å². The van der Waals surface area contributed by atoms with Gasteiger partial charge in [-0.1, -0.05) is 32.9 Å². The van der Waals surface area contributed by atoms with E-state index in [1.54, 1.807) is 0 Å². The van der Waals surface area contributed by atoms with Crippen molar-refractivity contribution in [3.8, 4) is 0 Å². The molecular weight excluding hydrogens is 330 g/mol. The minimum atomic E-state index is -0.587. The summed E-state index contributed by atoms with van der Waals surface area (Å²) in [5.41, 5.74) is -0.558. The van der Waals surface area contributed by atoms with Gasteiger partial charge in [-0.05, 0) is 25.4 Å². The van der Waals surface area contributed by atoms with Crippen LogP contribution in [0.2, 0.25) is 0 Å². The zero-order valence-electron chi connectivity index (χ0n) is 16.4. The SMILES string of the molecule is CN1CCCN(C(=O)[C@H]2[C@@H]3C=C[C@@]4(CN(CC(C)(C)C)C(=O)[C@@H]24)O3)CC1. The van der Waals surface area contributed by atoms with E-state index in [1.807, 2.05) is 22.0 Å². The molecule has 6 heteroatoms. The van der Waals surface area contributed by atoms with Crippen molar-refractivity contribution >= 4 is 11.8 Å². The lowest BCUT2D eigenvalue weighted by Gasteiger charge is -2.30. The molecule has 0 aromatic rings. The third-order valence-electron chi connectivity index (χ3n) is 6.16. The van der Waals surface area contributed by atoms with Gasteiger partial charge in [0.25, 0.3) is 0 Å². The monoisotopic (exact) mass is 361 g/mol. The average molecular weight is 361 g/mol. The summed E-state index contributed by atoms with van der Waals surface area (Å²) in [4.78, 5) is 32.7. The molecule has 4 aliphatic rings. The number of ether oxygens (including phenoxy) is 1. The largest absolute Gasteiger partial charge is 0.360 e. The van der Waals surface area contributed by atoms with Crippen LogP contribution in [0.1, 0.15) is 27.2 Å². The zero-order chi connectivity index (χ0) is 18.7. The van der Waals surface area contributed by atoms with Gasteiger partial charge in [0, 0.05) is 26.2 Å². The molecule has 4 rings (SSSR count). The molecule has 4 atom stereocenters. The first-order valence-electron chi connectivity index (χ1n) is 9.84. The molecule has 2 bridgehead atoms. The first kappa shape index (κ1) is 18.0. The Hall–Kier alpha value is -1.40. The highest BCUT2D eigenvalue weighted by Crippen LogP contribution is 2.52. The van der Waals surface area contributed by atoms with Crippen molar-refractivity contribution in [2.45, 2.75) is 38.9 Å². The van der Waals surface area contributed by atoms with E-state index in [9.17, 15) is 9.59 Å². The summed E-state index contributed by atoms with van der Waals surface area (Å²) in [6.45, 7) is 11.1. The van der Waals surface area contributed by atoms with E-state index in [-0.39, 0.29) is 35.2 Å². The lowest BCUT2D eigenvalue weighted by atomic mass is 9.76. The highest BCUT2D eigenvalue weighted by Gasteiger charge is 2.67. The van der Waals surface area contributed by atoms with E-state index < -0.39 is 5.60 Å².